The van der Waals surface area contributed by atoms with Gasteiger partial charge in [0.15, 0.2) is 5.82 Å². The molecule has 0 aliphatic heterocycles. The second-order valence-corrected chi connectivity index (χ2v) is 6.97. The average Bonchev–Trinajstić information content (AvgIpc) is 2.39. The summed E-state index contributed by atoms with van der Waals surface area (Å²) in [5.41, 5.74) is 3.61. The molecule has 1 aromatic carbocycles. The van der Waals surface area contributed by atoms with Crippen LogP contribution in [0.3, 0.4) is 0 Å². The summed E-state index contributed by atoms with van der Waals surface area (Å²) in [5.74, 6) is -2.16. The Hall–Kier alpha value is -2.38. The lowest BCUT2D eigenvalue weighted by Crippen LogP contribution is -2.43. The minimum absolute atomic E-state index is 0.0418. The number of halogens is 2. The molecular formula is C17H24F2N2O4. The van der Waals surface area contributed by atoms with E-state index >= 15 is 0 Å². The Balaban J connectivity index is 3.34. The molecule has 0 radical (unpaired) electrons. The first-order valence-corrected chi connectivity index (χ1v) is 7.81. The number of carbonyl (C=O) groups is 2. The van der Waals surface area contributed by atoms with Crippen LogP contribution in [0.2, 0.25) is 0 Å². The number of nitrogen functional groups attached to an aromatic ring is 1. The SMILES string of the molecule is CC(C)C(C)OC(=O)N(C(=O)OC(C)(C)C)c1c(N)cc(F)cc1F. The number of imide groups is 1. The number of rotatable bonds is 3. The first-order valence-electron chi connectivity index (χ1n) is 7.81. The highest BCUT2D eigenvalue weighted by molar-refractivity contribution is 6.11. The first kappa shape index (κ1) is 20.7. The Bertz CT molecular complexity index is 634. The molecule has 0 saturated heterocycles. The van der Waals surface area contributed by atoms with Gasteiger partial charge in [0.05, 0.1) is 5.69 Å². The lowest BCUT2D eigenvalue weighted by atomic mass is 10.1. The minimum atomic E-state index is -1.18. The monoisotopic (exact) mass is 358 g/mol. The lowest BCUT2D eigenvalue weighted by molar-refractivity contribution is 0.0518. The number of ether oxygens (including phenoxy) is 2. The number of nitrogens with two attached hydrogens (primary N) is 1. The van der Waals surface area contributed by atoms with Crippen LogP contribution in [-0.2, 0) is 9.47 Å². The molecule has 6 nitrogen and oxygen atoms in total. The number of benzene rings is 1. The second-order valence-electron chi connectivity index (χ2n) is 6.97. The van der Waals surface area contributed by atoms with E-state index in [1.54, 1.807) is 27.7 Å². The fourth-order valence-electron chi connectivity index (χ4n) is 1.73. The van der Waals surface area contributed by atoms with Crippen LogP contribution in [0.4, 0.5) is 29.7 Å². The molecule has 2 N–H and O–H groups in total. The van der Waals surface area contributed by atoms with Crippen molar-refractivity contribution in [3.63, 3.8) is 0 Å². The normalized spacial score (nSPS) is 12.7. The lowest BCUT2D eigenvalue weighted by Gasteiger charge is -2.28. The fourth-order valence-corrected chi connectivity index (χ4v) is 1.73. The van der Waals surface area contributed by atoms with E-state index in [1.165, 1.54) is 0 Å². The van der Waals surface area contributed by atoms with Crippen LogP contribution in [0.15, 0.2) is 12.1 Å². The van der Waals surface area contributed by atoms with Gasteiger partial charge < -0.3 is 15.2 Å². The van der Waals surface area contributed by atoms with Crippen molar-refractivity contribution < 1.29 is 27.8 Å². The molecule has 0 heterocycles. The number of amides is 2. The summed E-state index contributed by atoms with van der Waals surface area (Å²) in [5, 5.41) is 0. The average molecular weight is 358 g/mol. The van der Waals surface area contributed by atoms with Gasteiger partial charge in [0.25, 0.3) is 0 Å². The minimum Gasteiger partial charge on any atom is -0.445 e. The number of nitrogens with zero attached hydrogens (tertiary/aromatic N) is 1. The summed E-state index contributed by atoms with van der Waals surface area (Å²) in [6.07, 6.45) is -2.89. The van der Waals surface area contributed by atoms with Crippen molar-refractivity contribution >= 4 is 23.6 Å². The molecule has 0 aromatic heterocycles. The molecule has 1 rings (SSSR count). The van der Waals surface area contributed by atoms with E-state index in [9.17, 15) is 18.4 Å². The molecule has 8 heteroatoms. The summed E-state index contributed by atoms with van der Waals surface area (Å²) < 4.78 is 37.8. The van der Waals surface area contributed by atoms with Crippen molar-refractivity contribution in [3.8, 4) is 0 Å². The van der Waals surface area contributed by atoms with Crippen molar-refractivity contribution in [1.82, 2.24) is 0 Å². The van der Waals surface area contributed by atoms with Crippen molar-refractivity contribution in [2.24, 2.45) is 5.92 Å². The van der Waals surface area contributed by atoms with E-state index in [1.807, 2.05) is 13.8 Å². The molecule has 1 unspecified atom stereocenters. The number of carbonyl (C=O) groups excluding carboxylic acids is 2. The molecule has 1 atom stereocenters. The Labute approximate surface area is 145 Å². The third-order valence-corrected chi connectivity index (χ3v) is 3.27. The molecular weight excluding hydrogens is 334 g/mol. The van der Waals surface area contributed by atoms with Gasteiger partial charge >= 0.3 is 12.2 Å². The quantitative estimate of drug-likeness (QED) is 0.806. The predicted octanol–water partition coefficient (Wildman–Crippen LogP) is 4.47. The highest BCUT2D eigenvalue weighted by Crippen LogP contribution is 2.30. The maximum absolute atomic E-state index is 14.2. The van der Waals surface area contributed by atoms with E-state index in [0.29, 0.717) is 11.0 Å². The van der Waals surface area contributed by atoms with Gasteiger partial charge in [-0.15, -0.1) is 0 Å². The molecule has 0 fully saturated rings. The van der Waals surface area contributed by atoms with Gasteiger partial charge in [-0.3, -0.25) is 0 Å². The first-order chi connectivity index (χ1) is 11.3. The van der Waals surface area contributed by atoms with E-state index in [2.05, 4.69) is 0 Å². The zero-order valence-electron chi connectivity index (χ0n) is 15.2. The van der Waals surface area contributed by atoms with Gasteiger partial charge in [0.1, 0.15) is 23.2 Å². The van der Waals surface area contributed by atoms with Crippen LogP contribution in [0.5, 0.6) is 0 Å². The summed E-state index contributed by atoms with van der Waals surface area (Å²) >= 11 is 0. The number of hydrogen-bond donors (Lipinski definition) is 1. The highest BCUT2D eigenvalue weighted by Gasteiger charge is 2.35. The fraction of sp³-hybridized carbons (Fsp3) is 0.529. The third kappa shape index (κ3) is 5.58. The van der Waals surface area contributed by atoms with Crippen molar-refractivity contribution in [2.75, 3.05) is 10.6 Å². The van der Waals surface area contributed by atoms with Gasteiger partial charge in [0.2, 0.25) is 0 Å². The summed E-state index contributed by atoms with van der Waals surface area (Å²) in [6, 6.07) is 1.32. The Morgan fingerprint density at radius 1 is 1.12 bits per heavy atom. The predicted molar refractivity (Wildman–Crippen MR) is 90.3 cm³/mol. The molecule has 0 saturated carbocycles. The van der Waals surface area contributed by atoms with E-state index in [-0.39, 0.29) is 5.92 Å². The Morgan fingerprint density at radius 3 is 2.12 bits per heavy atom. The molecule has 2 amide bonds. The summed E-state index contributed by atoms with van der Waals surface area (Å²) in [4.78, 5) is 25.2. The van der Waals surface area contributed by atoms with E-state index in [0.717, 1.165) is 6.07 Å². The summed E-state index contributed by atoms with van der Waals surface area (Å²) in [7, 11) is 0. The maximum atomic E-state index is 14.2. The smallest absolute Gasteiger partial charge is 0.424 e. The molecule has 0 aliphatic carbocycles. The Kier molecular flexibility index (Phi) is 6.34. The van der Waals surface area contributed by atoms with Crippen LogP contribution >= 0.6 is 0 Å². The largest absolute Gasteiger partial charge is 0.445 e. The van der Waals surface area contributed by atoms with Crippen LogP contribution in [-0.4, -0.2) is 23.9 Å². The van der Waals surface area contributed by atoms with Crippen molar-refractivity contribution in [2.45, 2.75) is 53.2 Å². The van der Waals surface area contributed by atoms with Gasteiger partial charge in [-0.05, 0) is 39.7 Å². The summed E-state index contributed by atoms with van der Waals surface area (Å²) in [6.45, 7) is 9.98. The van der Waals surface area contributed by atoms with Gasteiger partial charge in [-0.25, -0.2) is 18.4 Å². The van der Waals surface area contributed by atoms with Gasteiger partial charge in [-0.1, -0.05) is 13.8 Å². The topological polar surface area (TPSA) is 81.9 Å². The van der Waals surface area contributed by atoms with Crippen LogP contribution in [0, 0.1) is 17.6 Å². The third-order valence-electron chi connectivity index (χ3n) is 3.27. The molecule has 0 aliphatic rings. The number of anilines is 2. The van der Waals surface area contributed by atoms with E-state index in [4.69, 9.17) is 15.2 Å². The number of hydrogen-bond acceptors (Lipinski definition) is 5. The van der Waals surface area contributed by atoms with Crippen LogP contribution in [0.1, 0.15) is 41.5 Å². The van der Waals surface area contributed by atoms with Crippen LogP contribution in [0.25, 0.3) is 0 Å². The second kappa shape index (κ2) is 7.67. The van der Waals surface area contributed by atoms with Crippen LogP contribution < -0.4 is 10.6 Å². The highest BCUT2D eigenvalue weighted by atomic mass is 19.1. The molecule has 25 heavy (non-hydrogen) atoms. The standard InChI is InChI=1S/C17H24F2N2O4/c1-9(2)10(3)24-15(22)21(16(23)25-17(4,5)6)14-12(19)7-11(18)8-13(14)20/h7-10H,20H2,1-6H3. The van der Waals surface area contributed by atoms with E-state index < -0.39 is 46.9 Å². The van der Waals surface area contributed by atoms with Gasteiger partial charge in [-0.2, -0.15) is 4.90 Å². The van der Waals surface area contributed by atoms with Crippen molar-refractivity contribution in [1.29, 1.82) is 0 Å². The van der Waals surface area contributed by atoms with Crippen molar-refractivity contribution in [3.05, 3.63) is 23.8 Å². The zero-order valence-corrected chi connectivity index (χ0v) is 15.2. The Morgan fingerprint density at radius 2 is 1.68 bits per heavy atom. The zero-order chi connectivity index (χ0) is 19.5. The molecule has 0 bridgehead atoms. The molecule has 0 spiro atoms. The van der Waals surface area contributed by atoms with Gasteiger partial charge in [0, 0.05) is 6.07 Å². The molecule has 140 valence electrons. The molecule has 1 aromatic rings. The maximum Gasteiger partial charge on any atom is 0.424 e.